The summed E-state index contributed by atoms with van der Waals surface area (Å²) >= 11 is 12.9. The third kappa shape index (κ3) is 6.72. The third-order valence-electron chi connectivity index (χ3n) is 5.35. The number of aromatic hydroxyl groups is 3. The predicted octanol–water partition coefficient (Wildman–Crippen LogP) is 5.56. The van der Waals surface area contributed by atoms with Crippen LogP contribution in [0.5, 0.6) is 23.0 Å². The SMILES string of the molecule is CC(C)c1cc(Cc2c(Cl)cc(OCC(=O)NCCc3ccc(O)c(O)c3)cc2Cl)ccc1O. The van der Waals surface area contributed by atoms with Gasteiger partial charge in [0.2, 0.25) is 0 Å². The van der Waals surface area contributed by atoms with Crippen LogP contribution in [0.1, 0.15) is 42.0 Å². The van der Waals surface area contributed by atoms with Crippen molar-refractivity contribution in [3.63, 3.8) is 0 Å². The molecule has 0 unspecified atom stereocenters. The first-order valence-electron chi connectivity index (χ1n) is 10.8. The van der Waals surface area contributed by atoms with E-state index in [-0.39, 0.29) is 35.7 Å². The molecule has 180 valence electrons. The molecule has 0 saturated carbocycles. The molecule has 0 aliphatic heterocycles. The number of carbonyl (C=O) groups is 1. The second kappa shape index (κ2) is 11.4. The molecule has 0 aromatic heterocycles. The standard InChI is InChI=1S/C26H27Cl2NO5/c1-15(2)19-9-17(4-5-23(19)30)10-20-21(27)12-18(13-22(20)28)34-14-26(33)29-8-7-16-3-6-24(31)25(32)11-16/h3-6,9,11-13,15,30-32H,7-8,10,14H2,1-2H3,(H,29,33). The molecule has 34 heavy (non-hydrogen) atoms. The molecule has 0 radical (unpaired) electrons. The average molecular weight is 504 g/mol. The van der Waals surface area contributed by atoms with Gasteiger partial charge in [0.05, 0.1) is 0 Å². The first-order chi connectivity index (χ1) is 16.1. The Bertz CT molecular complexity index is 1160. The summed E-state index contributed by atoms with van der Waals surface area (Å²) in [7, 11) is 0. The molecule has 0 heterocycles. The second-order valence-electron chi connectivity index (χ2n) is 8.30. The molecule has 3 aromatic rings. The van der Waals surface area contributed by atoms with Crippen LogP contribution >= 0.6 is 23.2 Å². The van der Waals surface area contributed by atoms with Crippen molar-refractivity contribution in [3.05, 3.63) is 80.8 Å². The Morgan fingerprint density at radius 3 is 2.21 bits per heavy atom. The van der Waals surface area contributed by atoms with E-state index in [0.717, 1.165) is 22.3 Å². The average Bonchev–Trinajstić information content (AvgIpc) is 2.78. The van der Waals surface area contributed by atoms with E-state index in [0.29, 0.717) is 35.2 Å². The molecule has 8 heteroatoms. The van der Waals surface area contributed by atoms with Gasteiger partial charge in [0, 0.05) is 23.0 Å². The maximum atomic E-state index is 12.1. The second-order valence-corrected chi connectivity index (χ2v) is 9.12. The molecule has 0 fully saturated rings. The highest BCUT2D eigenvalue weighted by Gasteiger charge is 2.13. The fourth-order valence-electron chi connectivity index (χ4n) is 3.48. The predicted molar refractivity (Wildman–Crippen MR) is 133 cm³/mol. The molecule has 0 spiro atoms. The van der Waals surface area contributed by atoms with Gasteiger partial charge in [-0.1, -0.05) is 55.2 Å². The summed E-state index contributed by atoms with van der Waals surface area (Å²) in [5, 5.41) is 32.5. The molecule has 3 aromatic carbocycles. The number of amides is 1. The van der Waals surface area contributed by atoms with E-state index in [1.165, 1.54) is 12.1 Å². The molecule has 0 bridgehead atoms. The monoisotopic (exact) mass is 503 g/mol. The summed E-state index contributed by atoms with van der Waals surface area (Å²) in [6, 6.07) is 13.2. The largest absolute Gasteiger partial charge is 0.508 e. The summed E-state index contributed by atoms with van der Waals surface area (Å²) < 4.78 is 5.55. The van der Waals surface area contributed by atoms with Crippen molar-refractivity contribution in [1.29, 1.82) is 0 Å². The molecule has 4 N–H and O–H groups in total. The Balaban J connectivity index is 1.55. The van der Waals surface area contributed by atoms with E-state index in [4.69, 9.17) is 27.9 Å². The van der Waals surface area contributed by atoms with Crippen molar-refractivity contribution in [2.24, 2.45) is 0 Å². The van der Waals surface area contributed by atoms with Gasteiger partial charge >= 0.3 is 0 Å². The van der Waals surface area contributed by atoms with Crippen molar-refractivity contribution in [2.45, 2.75) is 32.6 Å². The van der Waals surface area contributed by atoms with Gasteiger partial charge in [0.25, 0.3) is 5.91 Å². The molecule has 3 rings (SSSR count). The highest BCUT2D eigenvalue weighted by molar-refractivity contribution is 6.36. The van der Waals surface area contributed by atoms with Crippen LogP contribution < -0.4 is 10.1 Å². The van der Waals surface area contributed by atoms with Crippen LogP contribution in [0, 0.1) is 0 Å². The van der Waals surface area contributed by atoms with Crippen molar-refractivity contribution in [1.82, 2.24) is 5.32 Å². The Morgan fingerprint density at radius 2 is 1.56 bits per heavy atom. The van der Waals surface area contributed by atoms with Crippen LogP contribution in [-0.4, -0.2) is 34.4 Å². The third-order valence-corrected chi connectivity index (χ3v) is 6.03. The van der Waals surface area contributed by atoms with Crippen LogP contribution in [0.15, 0.2) is 48.5 Å². The number of nitrogens with one attached hydrogen (secondary N) is 1. The van der Waals surface area contributed by atoms with E-state index in [1.54, 1.807) is 24.3 Å². The van der Waals surface area contributed by atoms with Crippen molar-refractivity contribution in [3.8, 4) is 23.0 Å². The summed E-state index contributed by atoms with van der Waals surface area (Å²) in [4.78, 5) is 12.1. The number of hydrogen-bond acceptors (Lipinski definition) is 5. The molecule has 0 aliphatic carbocycles. The number of hydrogen-bond donors (Lipinski definition) is 4. The highest BCUT2D eigenvalue weighted by Crippen LogP contribution is 2.34. The summed E-state index contributed by atoms with van der Waals surface area (Å²) in [5.41, 5.74) is 3.34. The van der Waals surface area contributed by atoms with Crippen LogP contribution in [0.3, 0.4) is 0 Å². The lowest BCUT2D eigenvalue weighted by molar-refractivity contribution is -0.123. The fourth-order valence-corrected chi connectivity index (χ4v) is 4.08. The topological polar surface area (TPSA) is 99.0 Å². The van der Waals surface area contributed by atoms with Crippen LogP contribution in [0.2, 0.25) is 10.0 Å². The highest BCUT2D eigenvalue weighted by atomic mass is 35.5. The molecule has 0 aliphatic rings. The molecule has 6 nitrogen and oxygen atoms in total. The Kier molecular flexibility index (Phi) is 8.53. The fraction of sp³-hybridized carbons (Fsp3) is 0.269. The number of halogens is 2. The molecular weight excluding hydrogens is 477 g/mol. The lowest BCUT2D eigenvalue weighted by atomic mass is 9.96. The first-order valence-corrected chi connectivity index (χ1v) is 11.6. The minimum absolute atomic E-state index is 0.182. The molecular formula is C26H27Cl2NO5. The zero-order valence-corrected chi connectivity index (χ0v) is 20.5. The smallest absolute Gasteiger partial charge is 0.257 e. The van der Waals surface area contributed by atoms with Gasteiger partial charge in [0.1, 0.15) is 11.5 Å². The maximum absolute atomic E-state index is 12.1. The normalized spacial score (nSPS) is 11.0. The van der Waals surface area contributed by atoms with E-state index in [2.05, 4.69) is 5.32 Å². The van der Waals surface area contributed by atoms with Gasteiger partial charge < -0.3 is 25.4 Å². The first kappa shape index (κ1) is 25.5. The lowest BCUT2D eigenvalue weighted by Gasteiger charge is -2.14. The Hall–Kier alpha value is -3.09. The van der Waals surface area contributed by atoms with E-state index in [1.807, 2.05) is 26.0 Å². The zero-order valence-electron chi connectivity index (χ0n) is 18.9. The van der Waals surface area contributed by atoms with Gasteiger partial charge in [-0.3, -0.25) is 4.79 Å². The number of carbonyl (C=O) groups excluding carboxylic acids is 1. The van der Waals surface area contributed by atoms with Gasteiger partial charge in [-0.15, -0.1) is 0 Å². The molecule has 1 amide bonds. The number of rotatable bonds is 9. The molecule has 0 atom stereocenters. The van der Waals surface area contributed by atoms with E-state index < -0.39 is 0 Å². The zero-order chi connectivity index (χ0) is 24.8. The number of phenols is 3. The Labute approximate surface area is 208 Å². The minimum atomic E-state index is -0.315. The van der Waals surface area contributed by atoms with Crippen molar-refractivity contribution < 1.29 is 24.9 Å². The van der Waals surface area contributed by atoms with Crippen LogP contribution in [-0.2, 0) is 17.6 Å². The molecule has 0 saturated heterocycles. The van der Waals surface area contributed by atoms with Gasteiger partial charge in [-0.2, -0.15) is 0 Å². The van der Waals surface area contributed by atoms with Gasteiger partial charge in [-0.25, -0.2) is 0 Å². The summed E-state index contributed by atoms with van der Waals surface area (Å²) in [5.74, 6) is 0.124. The van der Waals surface area contributed by atoms with Gasteiger partial charge in [-0.05, 0) is 64.9 Å². The minimum Gasteiger partial charge on any atom is -0.508 e. The number of ether oxygens (including phenoxy) is 1. The van der Waals surface area contributed by atoms with Crippen molar-refractivity contribution in [2.75, 3.05) is 13.2 Å². The quantitative estimate of drug-likeness (QED) is 0.286. The number of benzene rings is 3. The van der Waals surface area contributed by atoms with Crippen molar-refractivity contribution >= 4 is 29.1 Å². The Morgan fingerprint density at radius 1 is 0.912 bits per heavy atom. The summed E-state index contributed by atoms with van der Waals surface area (Å²) in [6.45, 7) is 4.17. The lowest BCUT2D eigenvalue weighted by Crippen LogP contribution is -2.30. The van der Waals surface area contributed by atoms with Gasteiger partial charge in [0.15, 0.2) is 18.1 Å². The van der Waals surface area contributed by atoms with Crippen LogP contribution in [0.4, 0.5) is 0 Å². The van der Waals surface area contributed by atoms with E-state index in [9.17, 15) is 20.1 Å². The maximum Gasteiger partial charge on any atom is 0.257 e. The summed E-state index contributed by atoms with van der Waals surface area (Å²) in [6.07, 6.45) is 0.979. The van der Waals surface area contributed by atoms with Crippen LogP contribution in [0.25, 0.3) is 0 Å². The number of phenolic OH excluding ortho intramolecular Hbond substituents is 3. The van der Waals surface area contributed by atoms with E-state index >= 15 is 0 Å².